The Bertz CT molecular complexity index is 508. The number of aliphatic hydroxyl groups is 1. The number of hydrogen-bond acceptors (Lipinski definition) is 6. The summed E-state index contributed by atoms with van der Waals surface area (Å²) in [5.74, 6) is 0.206. The third kappa shape index (κ3) is 6.67. The van der Waals surface area contributed by atoms with Gasteiger partial charge in [-0.3, -0.25) is 9.80 Å². The highest BCUT2D eigenvalue weighted by atomic mass is 16.5. The molecule has 26 heavy (non-hydrogen) atoms. The minimum absolute atomic E-state index is 0.00692. The van der Waals surface area contributed by atoms with E-state index in [0.717, 1.165) is 51.1 Å². The number of phenolic OH excluding ortho intramolecular Hbond substituents is 2. The Balaban J connectivity index is 1.81. The third-order valence-corrected chi connectivity index (χ3v) is 4.89. The van der Waals surface area contributed by atoms with Gasteiger partial charge in [-0.25, -0.2) is 0 Å². The largest absolute Gasteiger partial charge is 0.504 e. The Morgan fingerprint density at radius 3 is 2.15 bits per heavy atom. The Hall–Kier alpha value is -1.50. The number of unbranched alkanes of at least 4 members (excludes halogenated alkanes) is 4. The summed E-state index contributed by atoms with van der Waals surface area (Å²) in [6, 6.07) is 3.37. The predicted molar refractivity (Wildman–Crippen MR) is 103 cm³/mol. The van der Waals surface area contributed by atoms with E-state index in [-0.39, 0.29) is 23.9 Å². The zero-order valence-corrected chi connectivity index (χ0v) is 16.0. The second-order valence-electron chi connectivity index (χ2n) is 7.07. The lowest BCUT2D eigenvalue weighted by molar-refractivity contribution is 0.108. The molecule has 0 aromatic heterocycles. The molecule has 0 radical (unpaired) electrons. The van der Waals surface area contributed by atoms with Crippen molar-refractivity contribution in [3.8, 4) is 17.2 Å². The number of rotatable bonds is 11. The first-order valence-electron chi connectivity index (χ1n) is 9.87. The van der Waals surface area contributed by atoms with Crippen molar-refractivity contribution in [1.29, 1.82) is 0 Å². The molecular formula is C20H34N2O4. The van der Waals surface area contributed by atoms with E-state index in [2.05, 4.69) is 16.7 Å². The van der Waals surface area contributed by atoms with Gasteiger partial charge in [0.15, 0.2) is 11.5 Å². The van der Waals surface area contributed by atoms with Gasteiger partial charge in [0.05, 0.1) is 13.2 Å². The van der Waals surface area contributed by atoms with E-state index in [0.29, 0.717) is 13.2 Å². The van der Waals surface area contributed by atoms with Crippen LogP contribution in [0.5, 0.6) is 17.2 Å². The van der Waals surface area contributed by atoms with E-state index in [1.54, 1.807) is 12.1 Å². The molecule has 148 valence electrons. The van der Waals surface area contributed by atoms with Crippen LogP contribution in [0.2, 0.25) is 0 Å². The zero-order chi connectivity index (χ0) is 18.8. The van der Waals surface area contributed by atoms with E-state index in [1.807, 2.05) is 0 Å². The van der Waals surface area contributed by atoms with Crippen LogP contribution in [0.1, 0.15) is 44.6 Å². The molecule has 1 aromatic rings. The molecular weight excluding hydrogens is 332 g/mol. The lowest BCUT2D eigenvalue weighted by Crippen LogP contribution is -2.46. The van der Waals surface area contributed by atoms with Crippen LogP contribution in [0.3, 0.4) is 0 Å². The summed E-state index contributed by atoms with van der Waals surface area (Å²) in [4.78, 5) is 4.53. The van der Waals surface area contributed by atoms with Crippen LogP contribution < -0.4 is 4.74 Å². The van der Waals surface area contributed by atoms with E-state index in [4.69, 9.17) is 9.84 Å². The van der Waals surface area contributed by atoms with Crippen molar-refractivity contribution in [2.75, 3.05) is 45.9 Å². The molecule has 2 rings (SSSR count). The number of aliphatic hydroxyl groups excluding tert-OH is 1. The van der Waals surface area contributed by atoms with Crippen molar-refractivity contribution >= 4 is 0 Å². The minimum Gasteiger partial charge on any atom is -0.504 e. The lowest BCUT2D eigenvalue weighted by atomic mass is 10.1. The molecule has 6 nitrogen and oxygen atoms in total. The van der Waals surface area contributed by atoms with Gasteiger partial charge in [-0.15, -0.1) is 0 Å². The molecule has 0 amide bonds. The molecule has 1 heterocycles. The van der Waals surface area contributed by atoms with Crippen molar-refractivity contribution in [3.05, 3.63) is 17.7 Å². The molecule has 1 fully saturated rings. The van der Waals surface area contributed by atoms with E-state index >= 15 is 0 Å². The maximum Gasteiger partial charge on any atom is 0.203 e. The number of ether oxygens (including phenoxy) is 1. The smallest absolute Gasteiger partial charge is 0.203 e. The number of β-amino-alcohol motifs (C(OH)–C–C–N with tert-alkyl or cyclic N) is 1. The Morgan fingerprint density at radius 1 is 0.923 bits per heavy atom. The van der Waals surface area contributed by atoms with Gasteiger partial charge in [0.2, 0.25) is 5.75 Å². The third-order valence-electron chi connectivity index (χ3n) is 4.89. The van der Waals surface area contributed by atoms with Crippen molar-refractivity contribution in [2.24, 2.45) is 0 Å². The fourth-order valence-electron chi connectivity index (χ4n) is 3.34. The first-order chi connectivity index (χ1) is 12.6. The van der Waals surface area contributed by atoms with Crippen LogP contribution in [0, 0.1) is 0 Å². The zero-order valence-electron chi connectivity index (χ0n) is 16.0. The van der Waals surface area contributed by atoms with Crippen molar-refractivity contribution in [3.63, 3.8) is 0 Å². The Morgan fingerprint density at radius 2 is 1.54 bits per heavy atom. The SMILES string of the molecule is CCCCCCCOc1c(O)cc(CN2CCN(CCO)CC2)cc1O. The van der Waals surface area contributed by atoms with Gasteiger partial charge in [-0.1, -0.05) is 32.6 Å². The number of phenols is 2. The van der Waals surface area contributed by atoms with Crippen LogP contribution in [0.25, 0.3) is 0 Å². The molecule has 0 aliphatic carbocycles. The summed E-state index contributed by atoms with van der Waals surface area (Å²) < 4.78 is 5.59. The quantitative estimate of drug-likeness (QED) is 0.523. The average molecular weight is 367 g/mol. The molecule has 1 aromatic carbocycles. The van der Waals surface area contributed by atoms with E-state index in [9.17, 15) is 10.2 Å². The highest BCUT2D eigenvalue weighted by molar-refractivity contribution is 5.52. The second kappa shape index (κ2) is 11.3. The summed E-state index contributed by atoms with van der Waals surface area (Å²) in [7, 11) is 0. The van der Waals surface area contributed by atoms with Gasteiger partial charge in [-0.05, 0) is 24.1 Å². The molecule has 3 N–H and O–H groups in total. The fourth-order valence-corrected chi connectivity index (χ4v) is 3.34. The summed E-state index contributed by atoms with van der Waals surface area (Å²) in [6.45, 7) is 7.98. The maximum atomic E-state index is 10.2. The summed E-state index contributed by atoms with van der Waals surface area (Å²) in [5, 5.41) is 29.4. The maximum absolute atomic E-state index is 10.2. The number of benzene rings is 1. The van der Waals surface area contributed by atoms with Crippen LogP contribution in [0.4, 0.5) is 0 Å². The van der Waals surface area contributed by atoms with Gasteiger partial charge in [0, 0.05) is 39.3 Å². The Labute approximate surface area is 157 Å². The first-order valence-corrected chi connectivity index (χ1v) is 9.87. The molecule has 0 bridgehead atoms. The van der Waals surface area contributed by atoms with E-state index < -0.39 is 0 Å². The highest BCUT2D eigenvalue weighted by Gasteiger charge is 2.18. The van der Waals surface area contributed by atoms with Gasteiger partial charge >= 0.3 is 0 Å². The van der Waals surface area contributed by atoms with Crippen molar-refractivity contribution < 1.29 is 20.1 Å². The number of aromatic hydroxyl groups is 2. The molecule has 1 aliphatic heterocycles. The molecule has 0 atom stereocenters. The standard InChI is InChI=1S/C20H34N2O4/c1-2-3-4-5-6-13-26-20-18(24)14-17(15-19(20)25)16-22-9-7-21(8-10-22)11-12-23/h14-15,23-25H,2-13,16H2,1H3. The molecule has 0 unspecified atom stereocenters. The summed E-state index contributed by atoms with van der Waals surface area (Å²) in [6.07, 6.45) is 5.68. The molecule has 1 aliphatic rings. The predicted octanol–water partition coefficient (Wildman–Crippen LogP) is 2.56. The molecule has 0 saturated carbocycles. The number of nitrogens with zero attached hydrogens (tertiary/aromatic N) is 2. The minimum atomic E-state index is 0.00692. The molecule has 1 saturated heterocycles. The highest BCUT2D eigenvalue weighted by Crippen LogP contribution is 2.37. The Kier molecular flexibility index (Phi) is 9.01. The topological polar surface area (TPSA) is 76.4 Å². The van der Waals surface area contributed by atoms with Gasteiger partial charge in [-0.2, -0.15) is 0 Å². The van der Waals surface area contributed by atoms with Crippen molar-refractivity contribution in [1.82, 2.24) is 9.80 Å². The van der Waals surface area contributed by atoms with Crippen LogP contribution in [0.15, 0.2) is 12.1 Å². The van der Waals surface area contributed by atoms with E-state index in [1.165, 1.54) is 19.3 Å². The summed E-state index contributed by atoms with van der Waals surface area (Å²) in [5.41, 5.74) is 0.880. The van der Waals surface area contributed by atoms with Crippen LogP contribution in [-0.4, -0.2) is 71.1 Å². The molecule has 6 heteroatoms. The van der Waals surface area contributed by atoms with Gasteiger partial charge in [0.1, 0.15) is 0 Å². The first kappa shape index (κ1) is 20.8. The van der Waals surface area contributed by atoms with Crippen LogP contribution in [-0.2, 0) is 6.54 Å². The average Bonchev–Trinajstić information content (AvgIpc) is 2.62. The van der Waals surface area contributed by atoms with Gasteiger partial charge in [0.25, 0.3) is 0 Å². The summed E-state index contributed by atoms with van der Waals surface area (Å²) >= 11 is 0. The van der Waals surface area contributed by atoms with Crippen LogP contribution >= 0.6 is 0 Å². The van der Waals surface area contributed by atoms with Crippen molar-refractivity contribution in [2.45, 2.75) is 45.6 Å². The number of hydrogen-bond donors (Lipinski definition) is 3. The monoisotopic (exact) mass is 366 g/mol. The normalized spacial score (nSPS) is 16.1. The number of piperazine rings is 1. The lowest BCUT2D eigenvalue weighted by Gasteiger charge is -2.34. The molecule has 0 spiro atoms. The second-order valence-corrected chi connectivity index (χ2v) is 7.07. The van der Waals surface area contributed by atoms with Gasteiger partial charge < -0.3 is 20.1 Å². The fraction of sp³-hybridized carbons (Fsp3) is 0.700.